The largest absolute Gasteiger partial charge is 0.492 e. The molecule has 0 atom stereocenters. The van der Waals surface area contributed by atoms with Crippen LogP contribution >= 0.6 is 24.0 Å². The van der Waals surface area contributed by atoms with E-state index in [4.69, 9.17) is 4.74 Å². The molecule has 0 spiro atoms. The number of nitrogens with zero attached hydrogens (tertiary/aromatic N) is 3. The lowest BCUT2D eigenvalue weighted by Crippen LogP contribution is -2.39. The third-order valence-corrected chi connectivity index (χ3v) is 4.08. The highest BCUT2D eigenvalue weighted by Crippen LogP contribution is 2.13. The standard InChI is InChI=1S/C19H29N5O.HI/c1-6-20-19(22-13-18-15(3)23-24(5)16(18)4)21-11-12-25-17-9-7-14(2)8-10-17;/h7-10H,6,11-13H2,1-5H3,(H2,20,21,22);1H. The molecule has 0 saturated carbocycles. The number of aromatic nitrogens is 2. The van der Waals surface area contributed by atoms with Gasteiger partial charge in [-0.2, -0.15) is 5.10 Å². The van der Waals surface area contributed by atoms with Crippen LogP contribution in [0.15, 0.2) is 29.3 Å². The van der Waals surface area contributed by atoms with Crippen molar-refractivity contribution in [3.63, 3.8) is 0 Å². The fraction of sp³-hybridized carbons (Fsp3) is 0.474. The smallest absolute Gasteiger partial charge is 0.191 e. The summed E-state index contributed by atoms with van der Waals surface area (Å²) in [6.45, 7) is 10.9. The van der Waals surface area contributed by atoms with Gasteiger partial charge < -0.3 is 15.4 Å². The average molecular weight is 471 g/mol. The number of aryl methyl sites for hydroxylation is 3. The van der Waals surface area contributed by atoms with E-state index in [-0.39, 0.29) is 24.0 Å². The van der Waals surface area contributed by atoms with E-state index in [0.717, 1.165) is 29.6 Å². The van der Waals surface area contributed by atoms with Crippen molar-refractivity contribution in [2.24, 2.45) is 12.0 Å². The van der Waals surface area contributed by atoms with Crippen LogP contribution in [0.3, 0.4) is 0 Å². The number of benzene rings is 1. The summed E-state index contributed by atoms with van der Waals surface area (Å²) >= 11 is 0. The zero-order valence-corrected chi connectivity index (χ0v) is 18.6. The minimum Gasteiger partial charge on any atom is -0.492 e. The Kier molecular flexibility index (Phi) is 9.47. The molecule has 0 aliphatic carbocycles. The van der Waals surface area contributed by atoms with Gasteiger partial charge >= 0.3 is 0 Å². The number of halogens is 1. The second kappa shape index (κ2) is 11.1. The molecule has 6 nitrogen and oxygen atoms in total. The minimum atomic E-state index is 0. The highest BCUT2D eigenvalue weighted by molar-refractivity contribution is 14.0. The molecule has 0 saturated heterocycles. The van der Waals surface area contributed by atoms with Gasteiger partial charge in [0.05, 0.1) is 18.8 Å². The van der Waals surface area contributed by atoms with Gasteiger partial charge in [0, 0.05) is 24.8 Å². The summed E-state index contributed by atoms with van der Waals surface area (Å²) in [4.78, 5) is 4.66. The van der Waals surface area contributed by atoms with Crippen molar-refractivity contribution in [3.8, 4) is 5.75 Å². The van der Waals surface area contributed by atoms with Crippen LogP contribution < -0.4 is 15.4 Å². The minimum absolute atomic E-state index is 0. The second-order valence-corrected chi connectivity index (χ2v) is 6.06. The van der Waals surface area contributed by atoms with E-state index in [2.05, 4.69) is 41.5 Å². The Balaban J connectivity index is 0.00000338. The van der Waals surface area contributed by atoms with E-state index in [1.54, 1.807) is 0 Å². The summed E-state index contributed by atoms with van der Waals surface area (Å²) in [5.74, 6) is 1.67. The molecule has 2 rings (SSSR count). The molecule has 0 amide bonds. The highest BCUT2D eigenvalue weighted by atomic mass is 127. The number of hydrogen-bond acceptors (Lipinski definition) is 3. The molecule has 7 heteroatoms. The monoisotopic (exact) mass is 471 g/mol. The molecule has 2 aromatic rings. The Morgan fingerprint density at radius 3 is 2.42 bits per heavy atom. The van der Waals surface area contributed by atoms with E-state index in [9.17, 15) is 0 Å². The van der Waals surface area contributed by atoms with Crippen LogP contribution in [0.4, 0.5) is 0 Å². The third-order valence-electron chi connectivity index (χ3n) is 4.08. The first-order valence-corrected chi connectivity index (χ1v) is 8.72. The van der Waals surface area contributed by atoms with E-state index >= 15 is 0 Å². The van der Waals surface area contributed by atoms with Gasteiger partial charge in [-0.05, 0) is 39.8 Å². The van der Waals surface area contributed by atoms with E-state index < -0.39 is 0 Å². The maximum atomic E-state index is 5.74. The molecule has 26 heavy (non-hydrogen) atoms. The van der Waals surface area contributed by atoms with Crippen molar-refractivity contribution in [3.05, 3.63) is 46.8 Å². The Bertz CT molecular complexity index is 709. The molecule has 1 aromatic carbocycles. The zero-order valence-electron chi connectivity index (χ0n) is 16.3. The summed E-state index contributed by atoms with van der Waals surface area (Å²) in [6.07, 6.45) is 0. The lowest BCUT2D eigenvalue weighted by Gasteiger charge is -2.12. The quantitative estimate of drug-likeness (QED) is 0.282. The molecule has 0 bridgehead atoms. The molecule has 0 radical (unpaired) electrons. The van der Waals surface area contributed by atoms with Crippen molar-refractivity contribution in [1.82, 2.24) is 20.4 Å². The third kappa shape index (κ3) is 6.51. The van der Waals surface area contributed by atoms with Crippen LogP contribution in [0.2, 0.25) is 0 Å². The summed E-state index contributed by atoms with van der Waals surface area (Å²) in [5.41, 5.74) is 4.59. The number of nitrogens with one attached hydrogen (secondary N) is 2. The SMILES string of the molecule is CCNC(=NCc1c(C)nn(C)c1C)NCCOc1ccc(C)cc1.I. The Morgan fingerprint density at radius 2 is 1.85 bits per heavy atom. The van der Waals surface area contributed by atoms with Gasteiger partial charge in [-0.3, -0.25) is 4.68 Å². The Morgan fingerprint density at radius 1 is 1.15 bits per heavy atom. The summed E-state index contributed by atoms with van der Waals surface area (Å²) < 4.78 is 7.63. The molecule has 0 fully saturated rings. The molecule has 2 N–H and O–H groups in total. The van der Waals surface area contributed by atoms with Crippen LogP contribution in [0.25, 0.3) is 0 Å². The predicted octanol–water partition coefficient (Wildman–Crippen LogP) is 3.10. The van der Waals surface area contributed by atoms with Gasteiger partial charge in [-0.15, -0.1) is 24.0 Å². The van der Waals surface area contributed by atoms with Crippen molar-refractivity contribution >= 4 is 29.9 Å². The number of rotatable bonds is 7. The second-order valence-electron chi connectivity index (χ2n) is 6.06. The van der Waals surface area contributed by atoms with Crippen molar-refractivity contribution in [2.45, 2.75) is 34.2 Å². The summed E-state index contributed by atoms with van der Waals surface area (Å²) in [5, 5.41) is 11.0. The Labute approximate surface area is 173 Å². The number of ether oxygens (including phenoxy) is 1. The van der Waals surface area contributed by atoms with Crippen LogP contribution in [-0.4, -0.2) is 35.4 Å². The lowest BCUT2D eigenvalue weighted by atomic mass is 10.2. The van der Waals surface area contributed by atoms with Crippen molar-refractivity contribution < 1.29 is 4.74 Å². The normalized spacial score (nSPS) is 11.0. The van der Waals surface area contributed by atoms with Gasteiger partial charge in [0.1, 0.15) is 12.4 Å². The molecule has 0 aliphatic rings. The average Bonchev–Trinajstić information content (AvgIpc) is 2.83. The van der Waals surface area contributed by atoms with Gasteiger partial charge in [-0.25, -0.2) is 4.99 Å². The fourth-order valence-corrected chi connectivity index (χ4v) is 2.52. The number of guanidine groups is 1. The molecule has 144 valence electrons. The fourth-order valence-electron chi connectivity index (χ4n) is 2.52. The Hall–Kier alpha value is -1.77. The van der Waals surface area contributed by atoms with Gasteiger partial charge in [-0.1, -0.05) is 17.7 Å². The number of aliphatic imine (C=N–C) groups is 1. The maximum absolute atomic E-state index is 5.74. The number of hydrogen-bond donors (Lipinski definition) is 2. The molecule has 1 aromatic heterocycles. The predicted molar refractivity (Wildman–Crippen MR) is 118 cm³/mol. The lowest BCUT2D eigenvalue weighted by molar-refractivity contribution is 0.322. The van der Waals surface area contributed by atoms with Crippen LogP contribution in [0.1, 0.15) is 29.4 Å². The van der Waals surface area contributed by atoms with Gasteiger partial charge in [0.25, 0.3) is 0 Å². The first-order chi connectivity index (χ1) is 12.0. The first kappa shape index (κ1) is 22.3. The summed E-state index contributed by atoms with van der Waals surface area (Å²) in [6, 6.07) is 8.07. The molecule has 1 heterocycles. The van der Waals surface area contributed by atoms with Crippen LogP contribution in [-0.2, 0) is 13.6 Å². The van der Waals surface area contributed by atoms with E-state index in [1.165, 1.54) is 11.1 Å². The molecular weight excluding hydrogens is 441 g/mol. The van der Waals surface area contributed by atoms with Crippen LogP contribution in [0.5, 0.6) is 5.75 Å². The zero-order chi connectivity index (χ0) is 18.2. The van der Waals surface area contributed by atoms with E-state index in [0.29, 0.717) is 19.7 Å². The first-order valence-electron chi connectivity index (χ1n) is 8.72. The molecule has 0 aliphatic heterocycles. The van der Waals surface area contributed by atoms with Gasteiger partial charge in [0.15, 0.2) is 5.96 Å². The topological polar surface area (TPSA) is 63.5 Å². The summed E-state index contributed by atoms with van der Waals surface area (Å²) in [7, 11) is 1.96. The molecular formula is C19H30IN5O. The van der Waals surface area contributed by atoms with Crippen molar-refractivity contribution in [2.75, 3.05) is 19.7 Å². The molecule has 0 unspecified atom stereocenters. The van der Waals surface area contributed by atoms with Gasteiger partial charge in [0.2, 0.25) is 0 Å². The van der Waals surface area contributed by atoms with Crippen molar-refractivity contribution in [1.29, 1.82) is 0 Å². The maximum Gasteiger partial charge on any atom is 0.191 e. The van der Waals surface area contributed by atoms with E-state index in [1.807, 2.05) is 42.9 Å². The van der Waals surface area contributed by atoms with Crippen LogP contribution in [0, 0.1) is 20.8 Å². The highest BCUT2D eigenvalue weighted by Gasteiger charge is 2.08.